The lowest BCUT2D eigenvalue weighted by Crippen LogP contribution is -1.95. The summed E-state index contributed by atoms with van der Waals surface area (Å²) < 4.78 is 10.7. The number of hydrogen-bond acceptors (Lipinski definition) is 6. The molecule has 0 radical (unpaired) electrons. The summed E-state index contributed by atoms with van der Waals surface area (Å²) >= 11 is 0. The van der Waals surface area contributed by atoms with Gasteiger partial charge in [0, 0.05) is 17.3 Å². The van der Waals surface area contributed by atoms with Gasteiger partial charge in [0.2, 0.25) is 5.95 Å². The molecule has 0 bridgehead atoms. The van der Waals surface area contributed by atoms with Crippen LogP contribution >= 0.6 is 0 Å². The first-order valence-corrected chi connectivity index (χ1v) is 7.37. The molecular formula is C18H14N4O2. The maximum absolute atomic E-state index is 5.67. The minimum Gasteiger partial charge on any atom is -0.497 e. The number of nitrogens with two attached hydrogens (primary N) is 1. The number of anilines is 1. The molecule has 4 aromatic rings. The standard InChI is InChI=1S/C18H14N4O2/c1-23-13-5-2-11(3-6-13)17-14-10-12(4-7-16(14)22-24-17)15-8-9-20-18(19)21-15/h2-10H,1H3,(H2,19,20,21). The molecule has 2 N–H and O–H groups in total. The number of ether oxygens (including phenoxy) is 1. The van der Waals surface area contributed by atoms with Crippen LogP contribution in [0.2, 0.25) is 0 Å². The number of hydrogen-bond donors (Lipinski definition) is 1. The average Bonchev–Trinajstić information content (AvgIpc) is 3.05. The van der Waals surface area contributed by atoms with Crippen LogP contribution in [0.25, 0.3) is 33.5 Å². The summed E-state index contributed by atoms with van der Waals surface area (Å²) in [5.74, 6) is 1.74. The van der Waals surface area contributed by atoms with Crippen molar-refractivity contribution in [3.05, 3.63) is 54.7 Å². The predicted octanol–water partition coefficient (Wildman–Crippen LogP) is 3.54. The van der Waals surface area contributed by atoms with Crippen LogP contribution in [0, 0.1) is 0 Å². The maximum Gasteiger partial charge on any atom is 0.220 e. The SMILES string of the molecule is COc1ccc(-c2onc3ccc(-c4ccnc(N)n4)cc23)cc1. The van der Waals surface area contributed by atoms with E-state index in [1.54, 1.807) is 13.3 Å². The average molecular weight is 318 g/mol. The van der Waals surface area contributed by atoms with E-state index >= 15 is 0 Å². The first-order valence-electron chi connectivity index (χ1n) is 7.37. The summed E-state index contributed by atoms with van der Waals surface area (Å²) in [6, 6.07) is 15.3. The lowest BCUT2D eigenvalue weighted by molar-refractivity contribution is 0.414. The number of nitrogen functional groups attached to an aromatic ring is 1. The van der Waals surface area contributed by atoms with Crippen LogP contribution in [0.5, 0.6) is 5.75 Å². The van der Waals surface area contributed by atoms with Crippen LogP contribution in [-0.2, 0) is 0 Å². The van der Waals surface area contributed by atoms with Gasteiger partial charge in [-0.3, -0.25) is 0 Å². The zero-order valence-corrected chi connectivity index (χ0v) is 12.9. The Bertz CT molecular complexity index is 1010. The molecule has 2 aromatic heterocycles. The Morgan fingerprint density at radius 3 is 2.54 bits per heavy atom. The van der Waals surface area contributed by atoms with E-state index in [0.717, 1.165) is 33.5 Å². The molecule has 4 rings (SSSR count). The van der Waals surface area contributed by atoms with Gasteiger partial charge in [-0.1, -0.05) is 11.2 Å². The van der Waals surface area contributed by atoms with E-state index in [0.29, 0.717) is 5.76 Å². The molecule has 0 saturated carbocycles. The third kappa shape index (κ3) is 2.44. The molecule has 2 aromatic carbocycles. The zero-order valence-electron chi connectivity index (χ0n) is 12.9. The van der Waals surface area contributed by atoms with E-state index in [4.69, 9.17) is 15.0 Å². The molecule has 118 valence electrons. The van der Waals surface area contributed by atoms with E-state index in [9.17, 15) is 0 Å². The first kappa shape index (κ1) is 14.2. The molecule has 0 fully saturated rings. The molecule has 0 amide bonds. The maximum atomic E-state index is 5.67. The predicted molar refractivity (Wildman–Crippen MR) is 91.4 cm³/mol. The Hall–Kier alpha value is -3.41. The van der Waals surface area contributed by atoms with Gasteiger partial charge in [0.25, 0.3) is 0 Å². The van der Waals surface area contributed by atoms with Crippen molar-refractivity contribution in [2.24, 2.45) is 0 Å². The highest BCUT2D eigenvalue weighted by Gasteiger charge is 2.12. The van der Waals surface area contributed by atoms with Crippen LogP contribution in [0.15, 0.2) is 59.3 Å². The third-order valence-electron chi connectivity index (χ3n) is 3.80. The molecule has 0 unspecified atom stereocenters. The van der Waals surface area contributed by atoms with E-state index in [2.05, 4.69) is 15.1 Å². The van der Waals surface area contributed by atoms with Gasteiger partial charge in [0.05, 0.1) is 18.2 Å². The van der Waals surface area contributed by atoms with Crippen molar-refractivity contribution in [2.45, 2.75) is 0 Å². The Kier molecular flexibility index (Phi) is 3.35. The quantitative estimate of drug-likeness (QED) is 0.621. The second-order valence-electron chi connectivity index (χ2n) is 5.27. The molecule has 0 spiro atoms. The molecule has 24 heavy (non-hydrogen) atoms. The van der Waals surface area contributed by atoms with Gasteiger partial charge in [0.1, 0.15) is 11.3 Å². The zero-order chi connectivity index (χ0) is 16.5. The third-order valence-corrected chi connectivity index (χ3v) is 3.80. The Morgan fingerprint density at radius 1 is 1.00 bits per heavy atom. The Balaban J connectivity index is 1.83. The largest absolute Gasteiger partial charge is 0.497 e. The monoisotopic (exact) mass is 318 g/mol. The number of fused-ring (bicyclic) bond motifs is 1. The first-order chi connectivity index (χ1) is 11.7. The lowest BCUT2D eigenvalue weighted by Gasteiger charge is -2.03. The number of nitrogens with zero attached hydrogens (tertiary/aromatic N) is 3. The second-order valence-corrected chi connectivity index (χ2v) is 5.27. The van der Waals surface area contributed by atoms with Gasteiger partial charge in [-0.15, -0.1) is 0 Å². The van der Waals surface area contributed by atoms with E-state index in [1.807, 2.05) is 48.5 Å². The fourth-order valence-corrected chi connectivity index (χ4v) is 2.59. The van der Waals surface area contributed by atoms with Crippen molar-refractivity contribution in [1.82, 2.24) is 15.1 Å². The minimum atomic E-state index is 0.244. The van der Waals surface area contributed by atoms with Crippen LogP contribution in [0.1, 0.15) is 0 Å². The van der Waals surface area contributed by atoms with Gasteiger partial charge in [0.15, 0.2) is 5.76 Å². The lowest BCUT2D eigenvalue weighted by atomic mass is 10.0. The molecule has 0 aliphatic carbocycles. The summed E-state index contributed by atoms with van der Waals surface area (Å²) in [5.41, 5.74) is 9.07. The second kappa shape index (κ2) is 5.66. The van der Waals surface area contributed by atoms with Gasteiger partial charge >= 0.3 is 0 Å². The van der Waals surface area contributed by atoms with E-state index < -0.39 is 0 Å². The summed E-state index contributed by atoms with van der Waals surface area (Å²) in [4.78, 5) is 8.18. The highest BCUT2D eigenvalue weighted by Crippen LogP contribution is 2.32. The van der Waals surface area contributed by atoms with Crippen molar-refractivity contribution in [1.29, 1.82) is 0 Å². The summed E-state index contributed by atoms with van der Waals surface area (Å²) in [7, 11) is 1.64. The molecule has 6 nitrogen and oxygen atoms in total. The van der Waals surface area contributed by atoms with Gasteiger partial charge in [-0.25, -0.2) is 9.97 Å². The fourth-order valence-electron chi connectivity index (χ4n) is 2.59. The Morgan fingerprint density at radius 2 is 1.79 bits per heavy atom. The number of benzene rings is 2. The molecular weight excluding hydrogens is 304 g/mol. The van der Waals surface area contributed by atoms with Crippen molar-refractivity contribution in [3.63, 3.8) is 0 Å². The molecule has 0 aliphatic rings. The molecule has 2 heterocycles. The summed E-state index contributed by atoms with van der Waals surface area (Å²) in [5, 5.41) is 5.04. The van der Waals surface area contributed by atoms with Crippen molar-refractivity contribution >= 4 is 16.9 Å². The highest BCUT2D eigenvalue weighted by atomic mass is 16.5. The normalized spacial score (nSPS) is 10.9. The molecule has 0 saturated heterocycles. The van der Waals surface area contributed by atoms with E-state index in [-0.39, 0.29) is 5.95 Å². The molecule has 0 atom stereocenters. The summed E-state index contributed by atoms with van der Waals surface area (Å²) in [6.07, 6.45) is 1.64. The minimum absolute atomic E-state index is 0.244. The smallest absolute Gasteiger partial charge is 0.220 e. The highest BCUT2D eigenvalue weighted by molar-refractivity contribution is 5.94. The van der Waals surface area contributed by atoms with Crippen LogP contribution < -0.4 is 10.5 Å². The number of aromatic nitrogens is 3. The van der Waals surface area contributed by atoms with Crippen molar-refractivity contribution < 1.29 is 9.26 Å². The molecule has 6 heteroatoms. The number of rotatable bonds is 3. The fraction of sp³-hybridized carbons (Fsp3) is 0.0556. The van der Waals surface area contributed by atoms with Crippen LogP contribution in [0.3, 0.4) is 0 Å². The Labute approximate surface area is 137 Å². The van der Waals surface area contributed by atoms with Gasteiger partial charge in [-0.2, -0.15) is 0 Å². The van der Waals surface area contributed by atoms with E-state index in [1.165, 1.54) is 0 Å². The van der Waals surface area contributed by atoms with Crippen LogP contribution in [-0.4, -0.2) is 22.2 Å². The van der Waals surface area contributed by atoms with Crippen molar-refractivity contribution in [3.8, 4) is 28.3 Å². The topological polar surface area (TPSA) is 87.1 Å². The van der Waals surface area contributed by atoms with Crippen LogP contribution in [0.4, 0.5) is 5.95 Å². The number of methoxy groups -OCH3 is 1. The summed E-state index contributed by atoms with van der Waals surface area (Å²) in [6.45, 7) is 0. The van der Waals surface area contributed by atoms with Crippen molar-refractivity contribution in [2.75, 3.05) is 12.8 Å². The van der Waals surface area contributed by atoms with Gasteiger partial charge < -0.3 is 15.0 Å². The molecule has 0 aliphatic heterocycles. The van der Waals surface area contributed by atoms with Gasteiger partial charge in [-0.05, 0) is 42.5 Å².